The Bertz CT molecular complexity index is 671. The lowest BCUT2D eigenvalue weighted by Gasteiger charge is -2.31. The second kappa shape index (κ2) is 6.70. The zero-order chi connectivity index (χ0) is 16.4. The highest BCUT2D eigenvalue weighted by Crippen LogP contribution is 2.34. The monoisotopic (exact) mass is 346 g/mol. The van der Waals surface area contributed by atoms with E-state index in [1.54, 1.807) is 17.6 Å². The van der Waals surface area contributed by atoms with Crippen LogP contribution in [0.15, 0.2) is 39.6 Å². The maximum Gasteiger partial charge on any atom is 0.254 e. The van der Waals surface area contributed by atoms with E-state index in [9.17, 15) is 4.79 Å². The third kappa shape index (κ3) is 3.27. The predicted octanol–water partition coefficient (Wildman–Crippen LogP) is 2.71. The molecule has 128 valence electrons. The Morgan fingerprint density at radius 2 is 2.25 bits per heavy atom. The molecule has 0 aromatic carbocycles. The average Bonchev–Trinajstić information content (AvgIpc) is 3.30. The van der Waals surface area contributed by atoms with Gasteiger partial charge in [-0.25, -0.2) is 0 Å². The van der Waals surface area contributed by atoms with Gasteiger partial charge in [-0.05, 0) is 36.5 Å². The number of hydrogen-bond acceptors (Lipinski definition) is 5. The SMILES string of the molecule is O=C(c1ccsc1)N1CCOCC2(CCN(Cc3ccco3)C2)C1. The van der Waals surface area contributed by atoms with Gasteiger partial charge in [0.1, 0.15) is 5.76 Å². The van der Waals surface area contributed by atoms with Gasteiger partial charge in [0.15, 0.2) is 0 Å². The van der Waals surface area contributed by atoms with Crippen LogP contribution in [0.5, 0.6) is 0 Å². The van der Waals surface area contributed by atoms with Gasteiger partial charge in [0, 0.05) is 30.4 Å². The van der Waals surface area contributed by atoms with Gasteiger partial charge in [0.25, 0.3) is 5.91 Å². The number of hydrogen-bond donors (Lipinski definition) is 0. The molecule has 1 amide bonds. The first-order valence-corrected chi connectivity index (χ1v) is 9.32. The van der Waals surface area contributed by atoms with Gasteiger partial charge in [-0.2, -0.15) is 11.3 Å². The van der Waals surface area contributed by atoms with E-state index in [0.29, 0.717) is 13.2 Å². The van der Waals surface area contributed by atoms with Gasteiger partial charge in [0.05, 0.1) is 31.6 Å². The summed E-state index contributed by atoms with van der Waals surface area (Å²) < 4.78 is 11.3. The molecule has 5 nitrogen and oxygen atoms in total. The zero-order valence-corrected chi connectivity index (χ0v) is 14.5. The van der Waals surface area contributed by atoms with Crippen molar-refractivity contribution in [3.63, 3.8) is 0 Å². The molecule has 6 heteroatoms. The molecule has 24 heavy (non-hydrogen) atoms. The molecule has 1 atom stereocenters. The van der Waals surface area contributed by atoms with Gasteiger partial charge < -0.3 is 14.1 Å². The minimum Gasteiger partial charge on any atom is -0.468 e. The Labute approximate surface area is 145 Å². The number of rotatable bonds is 3. The summed E-state index contributed by atoms with van der Waals surface area (Å²) in [5, 5.41) is 3.89. The molecule has 4 heterocycles. The van der Waals surface area contributed by atoms with Crippen LogP contribution < -0.4 is 0 Å². The third-order valence-corrected chi connectivity index (χ3v) is 5.66. The van der Waals surface area contributed by atoms with E-state index in [1.165, 1.54) is 0 Å². The topological polar surface area (TPSA) is 45.9 Å². The van der Waals surface area contributed by atoms with Gasteiger partial charge in [-0.3, -0.25) is 9.69 Å². The van der Waals surface area contributed by atoms with Crippen LogP contribution in [-0.2, 0) is 11.3 Å². The number of nitrogens with zero attached hydrogens (tertiary/aromatic N) is 2. The Morgan fingerprint density at radius 3 is 3.04 bits per heavy atom. The molecule has 2 aromatic rings. The molecule has 2 aliphatic rings. The van der Waals surface area contributed by atoms with Crippen LogP contribution in [0.2, 0.25) is 0 Å². The van der Waals surface area contributed by atoms with Crippen molar-refractivity contribution in [2.75, 3.05) is 39.4 Å². The Balaban J connectivity index is 1.45. The molecule has 2 saturated heterocycles. The lowest BCUT2D eigenvalue weighted by Crippen LogP contribution is -2.43. The van der Waals surface area contributed by atoms with E-state index in [1.807, 2.05) is 33.9 Å². The van der Waals surface area contributed by atoms with Crippen molar-refractivity contribution in [3.8, 4) is 0 Å². The summed E-state index contributed by atoms with van der Waals surface area (Å²) in [6.45, 7) is 5.59. The van der Waals surface area contributed by atoms with Gasteiger partial charge >= 0.3 is 0 Å². The molecule has 0 bridgehead atoms. The van der Waals surface area contributed by atoms with Crippen molar-refractivity contribution in [2.24, 2.45) is 5.41 Å². The minimum absolute atomic E-state index is 0.0365. The predicted molar refractivity (Wildman–Crippen MR) is 92.1 cm³/mol. The second-order valence-corrected chi connectivity index (χ2v) is 7.61. The van der Waals surface area contributed by atoms with Crippen molar-refractivity contribution < 1.29 is 13.9 Å². The van der Waals surface area contributed by atoms with Crippen LogP contribution in [0.25, 0.3) is 0 Å². The van der Waals surface area contributed by atoms with Crippen molar-refractivity contribution in [3.05, 3.63) is 46.5 Å². The first-order chi connectivity index (χ1) is 11.7. The summed E-state index contributed by atoms with van der Waals surface area (Å²) in [7, 11) is 0. The zero-order valence-electron chi connectivity index (χ0n) is 13.6. The minimum atomic E-state index is 0.0365. The number of likely N-dealkylation sites (tertiary alicyclic amines) is 1. The van der Waals surface area contributed by atoms with Gasteiger partial charge in [-0.15, -0.1) is 0 Å². The smallest absolute Gasteiger partial charge is 0.254 e. The van der Waals surface area contributed by atoms with Crippen LogP contribution in [0.3, 0.4) is 0 Å². The maximum atomic E-state index is 12.7. The Morgan fingerprint density at radius 1 is 1.29 bits per heavy atom. The fraction of sp³-hybridized carbons (Fsp3) is 0.500. The molecular weight excluding hydrogens is 324 g/mol. The number of amides is 1. The number of thiophene rings is 1. The summed E-state index contributed by atoms with van der Waals surface area (Å²) in [5.41, 5.74) is 0.830. The molecule has 1 spiro atoms. The van der Waals surface area contributed by atoms with Crippen LogP contribution in [-0.4, -0.2) is 55.1 Å². The van der Waals surface area contributed by atoms with Gasteiger partial charge in [0.2, 0.25) is 0 Å². The summed E-state index contributed by atoms with van der Waals surface area (Å²) in [6.07, 6.45) is 2.78. The summed E-state index contributed by atoms with van der Waals surface area (Å²) in [6, 6.07) is 5.85. The van der Waals surface area contributed by atoms with Crippen molar-refractivity contribution in [2.45, 2.75) is 13.0 Å². The van der Waals surface area contributed by atoms with E-state index < -0.39 is 0 Å². The average molecular weight is 346 g/mol. The third-order valence-electron chi connectivity index (χ3n) is 4.97. The Hall–Kier alpha value is -1.63. The summed E-state index contributed by atoms with van der Waals surface area (Å²) in [5.74, 6) is 1.12. The summed E-state index contributed by atoms with van der Waals surface area (Å²) in [4.78, 5) is 17.1. The molecule has 1 unspecified atom stereocenters. The molecule has 2 aromatic heterocycles. The number of carbonyl (C=O) groups excluding carboxylic acids is 1. The summed E-state index contributed by atoms with van der Waals surface area (Å²) >= 11 is 1.57. The Kier molecular flexibility index (Phi) is 4.43. The largest absolute Gasteiger partial charge is 0.468 e. The van der Waals surface area contributed by atoms with E-state index in [4.69, 9.17) is 9.15 Å². The van der Waals surface area contributed by atoms with Crippen LogP contribution in [0.1, 0.15) is 22.5 Å². The van der Waals surface area contributed by atoms with Crippen molar-refractivity contribution >= 4 is 17.2 Å². The van der Waals surface area contributed by atoms with Gasteiger partial charge in [-0.1, -0.05) is 0 Å². The van der Waals surface area contributed by atoms with Crippen LogP contribution in [0, 0.1) is 5.41 Å². The molecule has 0 saturated carbocycles. The quantitative estimate of drug-likeness (QED) is 0.857. The maximum absolute atomic E-state index is 12.7. The fourth-order valence-corrected chi connectivity index (χ4v) is 4.40. The van der Waals surface area contributed by atoms with Crippen LogP contribution >= 0.6 is 11.3 Å². The molecular formula is C18H22N2O3S. The molecule has 0 N–H and O–H groups in total. The molecule has 4 rings (SSSR count). The molecule has 2 aliphatic heterocycles. The first-order valence-electron chi connectivity index (χ1n) is 8.38. The molecule has 0 aliphatic carbocycles. The fourth-order valence-electron chi connectivity index (χ4n) is 3.77. The second-order valence-electron chi connectivity index (χ2n) is 6.83. The van der Waals surface area contributed by atoms with E-state index >= 15 is 0 Å². The van der Waals surface area contributed by atoms with E-state index in [2.05, 4.69) is 4.90 Å². The number of carbonyl (C=O) groups is 1. The lowest BCUT2D eigenvalue weighted by molar-refractivity contribution is 0.0641. The normalized spacial score (nSPS) is 25.2. The molecule has 2 fully saturated rings. The highest BCUT2D eigenvalue weighted by atomic mass is 32.1. The number of ether oxygens (including phenoxy) is 1. The van der Waals surface area contributed by atoms with Crippen molar-refractivity contribution in [1.29, 1.82) is 0 Å². The first kappa shape index (κ1) is 15.9. The lowest BCUT2D eigenvalue weighted by atomic mass is 9.87. The number of furan rings is 1. The highest BCUT2D eigenvalue weighted by molar-refractivity contribution is 7.08. The van der Waals surface area contributed by atoms with Crippen molar-refractivity contribution in [1.82, 2.24) is 9.80 Å². The highest BCUT2D eigenvalue weighted by Gasteiger charge is 2.42. The standard InChI is InChI=1S/C18H22N2O3S/c21-17(15-3-9-24-11-15)20-6-8-22-14-18(13-20)4-5-19(12-18)10-16-2-1-7-23-16/h1-3,7,9,11H,4-6,8,10,12-14H2. The van der Waals surface area contributed by atoms with Crippen LogP contribution in [0.4, 0.5) is 0 Å². The van der Waals surface area contributed by atoms with E-state index in [-0.39, 0.29) is 11.3 Å². The van der Waals surface area contributed by atoms with E-state index in [0.717, 1.165) is 50.5 Å². The molecule has 0 radical (unpaired) electrons.